The van der Waals surface area contributed by atoms with Gasteiger partial charge in [0.15, 0.2) is 11.5 Å². The Kier molecular flexibility index (Phi) is 4.84. The van der Waals surface area contributed by atoms with Crippen LogP contribution in [0, 0.1) is 0 Å². The third-order valence-corrected chi connectivity index (χ3v) is 3.10. The van der Waals surface area contributed by atoms with Gasteiger partial charge in [0.1, 0.15) is 6.10 Å². The molecule has 1 fully saturated rings. The number of para-hydroxylation sites is 1. The van der Waals surface area contributed by atoms with E-state index in [1.165, 1.54) is 5.56 Å². The third kappa shape index (κ3) is 3.15. The van der Waals surface area contributed by atoms with Crippen molar-refractivity contribution in [2.24, 2.45) is 0 Å². The molecule has 18 heavy (non-hydrogen) atoms. The zero-order chi connectivity index (χ0) is 12.8. The standard InChI is InChI=1S/C14H21NO3/c1-15-8-6-11-4-3-5-13(16-2)14(11)18-12-7-9-17-10-12/h3-5,12,15H,6-10H2,1-2H3. The van der Waals surface area contributed by atoms with Gasteiger partial charge < -0.3 is 19.5 Å². The molecule has 2 rings (SSSR count). The van der Waals surface area contributed by atoms with E-state index in [0.717, 1.165) is 37.5 Å². The number of nitrogens with one attached hydrogen (secondary N) is 1. The molecule has 1 saturated heterocycles. The molecule has 1 N–H and O–H groups in total. The lowest BCUT2D eigenvalue weighted by Crippen LogP contribution is -2.18. The van der Waals surface area contributed by atoms with Crippen molar-refractivity contribution in [1.82, 2.24) is 5.32 Å². The summed E-state index contributed by atoms with van der Waals surface area (Å²) >= 11 is 0. The van der Waals surface area contributed by atoms with Crippen molar-refractivity contribution in [2.75, 3.05) is 33.9 Å². The summed E-state index contributed by atoms with van der Waals surface area (Å²) in [6.07, 6.45) is 2.02. The van der Waals surface area contributed by atoms with Gasteiger partial charge in [-0.1, -0.05) is 12.1 Å². The normalized spacial score (nSPS) is 18.9. The van der Waals surface area contributed by atoms with Crippen molar-refractivity contribution in [1.29, 1.82) is 0 Å². The maximum Gasteiger partial charge on any atom is 0.164 e. The Morgan fingerprint density at radius 2 is 2.33 bits per heavy atom. The second kappa shape index (κ2) is 6.61. The fourth-order valence-corrected chi connectivity index (χ4v) is 2.08. The van der Waals surface area contributed by atoms with Crippen LogP contribution < -0.4 is 14.8 Å². The quantitative estimate of drug-likeness (QED) is 0.834. The Bertz CT molecular complexity index is 375. The van der Waals surface area contributed by atoms with Gasteiger partial charge in [0.2, 0.25) is 0 Å². The Hall–Kier alpha value is -1.26. The first-order chi connectivity index (χ1) is 8.85. The molecule has 0 bridgehead atoms. The molecule has 4 heteroatoms. The maximum atomic E-state index is 6.05. The molecule has 1 aliphatic rings. The molecule has 0 aliphatic carbocycles. The fraction of sp³-hybridized carbons (Fsp3) is 0.571. The van der Waals surface area contributed by atoms with Crippen molar-refractivity contribution < 1.29 is 14.2 Å². The van der Waals surface area contributed by atoms with Crippen LogP contribution in [0.15, 0.2) is 18.2 Å². The molecule has 1 aromatic rings. The molecule has 0 aromatic heterocycles. The predicted octanol–water partition coefficient (Wildman–Crippen LogP) is 1.62. The molecule has 100 valence electrons. The second-order valence-corrected chi connectivity index (χ2v) is 4.41. The molecular weight excluding hydrogens is 230 g/mol. The van der Waals surface area contributed by atoms with Gasteiger partial charge >= 0.3 is 0 Å². The minimum atomic E-state index is 0.148. The van der Waals surface area contributed by atoms with E-state index in [1.54, 1.807) is 7.11 Å². The van der Waals surface area contributed by atoms with Gasteiger partial charge in [-0.3, -0.25) is 0 Å². The largest absolute Gasteiger partial charge is 0.493 e. The summed E-state index contributed by atoms with van der Waals surface area (Å²) in [5.41, 5.74) is 1.18. The van der Waals surface area contributed by atoms with Crippen LogP contribution in [0.2, 0.25) is 0 Å². The van der Waals surface area contributed by atoms with E-state index in [0.29, 0.717) is 6.61 Å². The highest BCUT2D eigenvalue weighted by atomic mass is 16.6. The van der Waals surface area contributed by atoms with E-state index in [-0.39, 0.29) is 6.10 Å². The average molecular weight is 251 g/mol. The van der Waals surface area contributed by atoms with Crippen molar-refractivity contribution in [3.8, 4) is 11.5 Å². The van der Waals surface area contributed by atoms with Gasteiger partial charge in [-0.15, -0.1) is 0 Å². The van der Waals surface area contributed by atoms with Crippen LogP contribution in [-0.2, 0) is 11.2 Å². The summed E-state index contributed by atoms with van der Waals surface area (Å²) in [4.78, 5) is 0. The molecule has 1 unspecified atom stereocenters. The monoisotopic (exact) mass is 251 g/mol. The highest BCUT2D eigenvalue weighted by Crippen LogP contribution is 2.33. The lowest BCUT2D eigenvalue weighted by molar-refractivity contribution is 0.138. The number of benzene rings is 1. The number of methoxy groups -OCH3 is 1. The minimum absolute atomic E-state index is 0.148. The van der Waals surface area contributed by atoms with Gasteiger partial charge in [-0.2, -0.15) is 0 Å². The van der Waals surface area contributed by atoms with E-state index >= 15 is 0 Å². The van der Waals surface area contributed by atoms with Crippen LogP contribution in [-0.4, -0.2) is 40.0 Å². The van der Waals surface area contributed by atoms with Crippen molar-refractivity contribution in [3.05, 3.63) is 23.8 Å². The van der Waals surface area contributed by atoms with E-state index in [1.807, 2.05) is 19.2 Å². The molecule has 0 amide bonds. The van der Waals surface area contributed by atoms with E-state index in [2.05, 4.69) is 11.4 Å². The zero-order valence-corrected chi connectivity index (χ0v) is 11.1. The Balaban J connectivity index is 2.16. The highest BCUT2D eigenvalue weighted by Gasteiger charge is 2.20. The lowest BCUT2D eigenvalue weighted by Gasteiger charge is -2.18. The first-order valence-electron chi connectivity index (χ1n) is 6.40. The predicted molar refractivity (Wildman–Crippen MR) is 70.5 cm³/mol. The summed E-state index contributed by atoms with van der Waals surface area (Å²) in [5, 5.41) is 3.15. The molecule has 0 saturated carbocycles. The molecule has 0 spiro atoms. The average Bonchev–Trinajstić information content (AvgIpc) is 2.90. The lowest BCUT2D eigenvalue weighted by atomic mass is 10.1. The van der Waals surface area contributed by atoms with Crippen molar-refractivity contribution >= 4 is 0 Å². The molecule has 4 nitrogen and oxygen atoms in total. The number of hydrogen-bond donors (Lipinski definition) is 1. The van der Waals surface area contributed by atoms with Crippen LogP contribution in [0.25, 0.3) is 0 Å². The summed E-state index contributed by atoms with van der Waals surface area (Å²) in [5.74, 6) is 1.67. The van der Waals surface area contributed by atoms with Crippen LogP contribution in [0.3, 0.4) is 0 Å². The summed E-state index contributed by atoms with van der Waals surface area (Å²) in [6, 6.07) is 6.03. The Labute approximate surface area is 108 Å². The number of ether oxygens (including phenoxy) is 3. The molecule has 0 radical (unpaired) electrons. The van der Waals surface area contributed by atoms with Crippen LogP contribution in [0.4, 0.5) is 0 Å². The number of rotatable bonds is 6. The zero-order valence-electron chi connectivity index (χ0n) is 11.1. The first kappa shape index (κ1) is 13.2. The molecule has 1 aliphatic heterocycles. The second-order valence-electron chi connectivity index (χ2n) is 4.41. The van der Waals surface area contributed by atoms with Gasteiger partial charge in [-0.25, -0.2) is 0 Å². The third-order valence-electron chi connectivity index (χ3n) is 3.10. The van der Waals surface area contributed by atoms with Crippen LogP contribution in [0.1, 0.15) is 12.0 Å². The molecule has 1 aromatic carbocycles. The van der Waals surface area contributed by atoms with Crippen molar-refractivity contribution in [3.63, 3.8) is 0 Å². The Morgan fingerprint density at radius 1 is 1.44 bits per heavy atom. The van der Waals surface area contributed by atoms with Gasteiger partial charge in [-0.05, 0) is 31.6 Å². The molecule has 1 heterocycles. The van der Waals surface area contributed by atoms with Gasteiger partial charge in [0.05, 0.1) is 20.3 Å². The van der Waals surface area contributed by atoms with Gasteiger partial charge in [0, 0.05) is 6.42 Å². The van der Waals surface area contributed by atoms with E-state index in [4.69, 9.17) is 14.2 Å². The molecule has 1 atom stereocenters. The van der Waals surface area contributed by atoms with Crippen LogP contribution in [0.5, 0.6) is 11.5 Å². The van der Waals surface area contributed by atoms with E-state index < -0.39 is 0 Å². The summed E-state index contributed by atoms with van der Waals surface area (Å²) < 4.78 is 16.8. The van der Waals surface area contributed by atoms with Crippen molar-refractivity contribution in [2.45, 2.75) is 18.9 Å². The highest BCUT2D eigenvalue weighted by molar-refractivity contribution is 5.47. The maximum absolute atomic E-state index is 6.05. The summed E-state index contributed by atoms with van der Waals surface area (Å²) in [7, 11) is 3.63. The van der Waals surface area contributed by atoms with E-state index in [9.17, 15) is 0 Å². The van der Waals surface area contributed by atoms with Gasteiger partial charge in [0.25, 0.3) is 0 Å². The smallest absolute Gasteiger partial charge is 0.164 e. The minimum Gasteiger partial charge on any atom is -0.493 e. The SMILES string of the molecule is CNCCc1cccc(OC)c1OC1CCOC1. The number of likely N-dealkylation sites (N-methyl/N-ethyl adjacent to an activating group) is 1. The Morgan fingerprint density at radius 3 is 3.00 bits per heavy atom. The first-order valence-corrected chi connectivity index (χ1v) is 6.40. The summed E-state index contributed by atoms with van der Waals surface area (Å²) in [6.45, 7) is 2.37. The van der Waals surface area contributed by atoms with Crippen LogP contribution >= 0.6 is 0 Å². The fourth-order valence-electron chi connectivity index (χ4n) is 2.08. The topological polar surface area (TPSA) is 39.7 Å². The molecular formula is C14H21NO3. The number of hydrogen-bond acceptors (Lipinski definition) is 4.